The second-order valence-corrected chi connectivity index (χ2v) is 7.14. The first-order chi connectivity index (χ1) is 8.96. The number of nitrogens with one attached hydrogen (secondary N) is 1. The minimum Gasteiger partial charge on any atom is -0.306 e. The number of Topliss-reactive ketones (excluding diaryl/α,β-unsaturated/α-hetero) is 1. The van der Waals surface area contributed by atoms with E-state index in [2.05, 4.69) is 40.3 Å². The monoisotopic (exact) mass is 320 g/mol. The number of carbonyl (C=O) groups excluding carboxylic acids is 1. The second kappa shape index (κ2) is 4.44. The summed E-state index contributed by atoms with van der Waals surface area (Å²) >= 11 is 3.43. The molecule has 0 amide bonds. The number of fused-ring (bicyclic) bond motifs is 1. The van der Waals surface area contributed by atoms with Gasteiger partial charge in [0.05, 0.1) is 17.7 Å². The number of rotatable bonds is 1. The van der Waals surface area contributed by atoms with Crippen LogP contribution in [0.15, 0.2) is 33.8 Å². The fraction of sp³-hybridized carbons (Fsp3) is 0.467. The molecule has 0 aromatic heterocycles. The molecule has 0 saturated heterocycles. The van der Waals surface area contributed by atoms with Gasteiger partial charge in [0, 0.05) is 10.9 Å². The van der Waals surface area contributed by atoms with Crippen LogP contribution in [0.1, 0.15) is 32.3 Å². The molecular weight excluding hydrogens is 304 g/mol. The molecule has 1 heterocycles. The van der Waals surface area contributed by atoms with Gasteiger partial charge in [-0.25, -0.2) is 0 Å². The lowest BCUT2D eigenvalue weighted by molar-refractivity contribution is -0.126. The van der Waals surface area contributed by atoms with Gasteiger partial charge >= 0.3 is 0 Å². The highest BCUT2D eigenvalue weighted by molar-refractivity contribution is 9.10. The summed E-state index contributed by atoms with van der Waals surface area (Å²) < 4.78 is 1.04. The van der Waals surface area contributed by atoms with Gasteiger partial charge in [-0.1, -0.05) is 41.9 Å². The minimum absolute atomic E-state index is 0.0748. The maximum atomic E-state index is 12.4. The van der Waals surface area contributed by atoms with Gasteiger partial charge in [0.2, 0.25) is 0 Å². The average molecular weight is 321 g/mol. The van der Waals surface area contributed by atoms with Gasteiger partial charge in [-0.3, -0.25) is 4.79 Å². The van der Waals surface area contributed by atoms with E-state index in [4.69, 9.17) is 0 Å². The lowest BCUT2D eigenvalue weighted by Gasteiger charge is -2.36. The van der Waals surface area contributed by atoms with Gasteiger partial charge in [-0.05, 0) is 29.5 Å². The Kier molecular flexibility index (Phi) is 3.01. The number of carbonyl (C=O) groups is 1. The quantitative estimate of drug-likeness (QED) is 0.863. The molecule has 1 aliphatic carbocycles. The largest absolute Gasteiger partial charge is 0.306 e. The SMILES string of the molecule is CC1(C)CC(=O)C2C(c3ccc(Br)cc3)=NNC2C1. The van der Waals surface area contributed by atoms with Crippen LogP contribution in [0.25, 0.3) is 0 Å². The van der Waals surface area contributed by atoms with Gasteiger partial charge < -0.3 is 5.43 Å². The summed E-state index contributed by atoms with van der Waals surface area (Å²) in [5.74, 6) is 0.238. The molecule has 2 atom stereocenters. The lowest BCUT2D eigenvalue weighted by Crippen LogP contribution is -2.45. The highest BCUT2D eigenvalue weighted by Crippen LogP contribution is 2.39. The van der Waals surface area contributed by atoms with Crippen molar-refractivity contribution in [2.45, 2.75) is 32.7 Å². The third-order valence-electron chi connectivity index (χ3n) is 3.96. The van der Waals surface area contributed by atoms with Gasteiger partial charge in [0.15, 0.2) is 0 Å². The summed E-state index contributed by atoms with van der Waals surface area (Å²) in [6.07, 6.45) is 1.64. The first-order valence-electron chi connectivity index (χ1n) is 6.58. The van der Waals surface area contributed by atoms with E-state index in [-0.39, 0.29) is 17.4 Å². The molecular formula is C15H17BrN2O. The van der Waals surface area contributed by atoms with E-state index in [0.29, 0.717) is 12.2 Å². The molecule has 100 valence electrons. The van der Waals surface area contributed by atoms with E-state index in [9.17, 15) is 4.79 Å². The Morgan fingerprint density at radius 1 is 1.32 bits per heavy atom. The van der Waals surface area contributed by atoms with E-state index in [0.717, 1.165) is 22.2 Å². The van der Waals surface area contributed by atoms with Crippen LogP contribution in [-0.4, -0.2) is 17.5 Å². The zero-order valence-corrected chi connectivity index (χ0v) is 12.7. The van der Waals surface area contributed by atoms with E-state index >= 15 is 0 Å². The Morgan fingerprint density at radius 3 is 2.68 bits per heavy atom. The smallest absolute Gasteiger partial charge is 0.144 e. The number of ketones is 1. The zero-order chi connectivity index (χ0) is 13.6. The molecule has 19 heavy (non-hydrogen) atoms. The predicted molar refractivity (Wildman–Crippen MR) is 79.1 cm³/mol. The van der Waals surface area contributed by atoms with Crippen LogP contribution in [0.3, 0.4) is 0 Å². The Bertz CT molecular complexity index is 548. The number of benzene rings is 1. The van der Waals surface area contributed by atoms with Crippen molar-refractivity contribution in [1.29, 1.82) is 0 Å². The number of nitrogens with zero attached hydrogens (tertiary/aromatic N) is 1. The summed E-state index contributed by atoms with van der Waals surface area (Å²) in [5, 5.41) is 4.43. The number of halogens is 1. The topological polar surface area (TPSA) is 41.5 Å². The fourth-order valence-corrected chi connectivity index (χ4v) is 3.41. The normalized spacial score (nSPS) is 28.6. The van der Waals surface area contributed by atoms with Gasteiger partial charge in [-0.2, -0.15) is 5.10 Å². The molecule has 3 rings (SSSR count). The van der Waals surface area contributed by atoms with E-state index < -0.39 is 0 Å². The van der Waals surface area contributed by atoms with Gasteiger partial charge in [0.25, 0.3) is 0 Å². The van der Waals surface area contributed by atoms with Crippen LogP contribution in [0.4, 0.5) is 0 Å². The van der Waals surface area contributed by atoms with Crippen molar-refractivity contribution in [1.82, 2.24) is 5.43 Å². The molecule has 2 unspecified atom stereocenters. The Labute approximate surface area is 121 Å². The maximum absolute atomic E-state index is 12.4. The molecule has 4 heteroatoms. The number of hydrogen-bond donors (Lipinski definition) is 1. The Morgan fingerprint density at radius 2 is 2.00 bits per heavy atom. The van der Waals surface area contributed by atoms with Crippen molar-refractivity contribution in [2.75, 3.05) is 0 Å². The third-order valence-corrected chi connectivity index (χ3v) is 4.49. The van der Waals surface area contributed by atoms with E-state index in [1.807, 2.05) is 24.3 Å². The minimum atomic E-state index is -0.0748. The van der Waals surface area contributed by atoms with Crippen molar-refractivity contribution in [3.63, 3.8) is 0 Å². The van der Waals surface area contributed by atoms with Crippen LogP contribution in [-0.2, 0) is 4.79 Å². The van der Waals surface area contributed by atoms with Crippen LogP contribution < -0.4 is 5.43 Å². The maximum Gasteiger partial charge on any atom is 0.144 e. The molecule has 2 aliphatic rings. The molecule has 0 bridgehead atoms. The molecule has 1 aliphatic heterocycles. The van der Waals surface area contributed by atoms with Crippen molar-refractivity contribution in [2.24, 2.45) is 16.4 Å². The van der Waals surface area contributed by atoms with E-state index in [1.54, 1.807) is 0 Å². The molecule has 1 fully saturated rings. The molecule has 1 N–H and O–H groups in total. The molecule has 1 aromatic carbocycles. The van der Waals surface area contributed by atoms with Crippen molar-refractivity contribution in [3.8, 4) is 0 Å². The Hall–Kier alpha value is -1.16. The molecule has 0 spiro atoms. The lowest BCUT2D eigenvalue weighted by atomic mass is 9.68. The van der Waals surface area contributed by atoms with Crippen LogP contribution >= 0.6 is 15.9 Å². The summed E-state index contributed by atoms with van der Waals surface area (Å²) in [5.41, 5.74) is 5.18. The molecule has 1 saturated carbocycles. The Balaban J connectivity index is 1.90. The summed E-state index contributed by atoms with van der Waals surface area (Å²) in [7, 11) is 0. The van der Waals surface area contributed by atoms with Crippen LogP contribution in [0.2, 0.25) is 0 Å². The standard InChI is InChI=1S/C15H17BrN2O/c1-15(2)7-11-13(12(19)8-15)14(18-17-11)9-3-5-10(16)6-4-9/h3-6,11,13,17H,7-8H2,1-2H3. The molecule has 3 nitrogen and oxygen atoms in total. The molecule has 1 aromatic rings. The van der Waals surface area contributed by atoms with Gasteiger partial charge in [-0.15, -0.1) is 0 Å². The highest BCUT2D eigenvalue weighted by Gasteiger charge is 2.46. The van der Waals surface area contributed by atoms with Crippen molar-refractivity contribution in [3.05, 3.63) is 34.3 Å². The average Bonchev–Trinajstić information content (AvgIpc) is 2.72. The fourth-order valence-electron chi connectivity index (χ4n) is 3.14. The highest BCUT2D eigenvalue weighted by atomic mass is 79.9. The summed E-state index contributed by atoms with van der Waals surface area (Å²) in [6.45, 7) is 4.31. The second-order valence-electron chi connectivity index (χ2n) is 6.23. The zero-order valence-electron chi connectivity index (χ0n) is 11.1. The van der Waals surface area contributed by atoms with E-state index in [1.165, 1.54) is 0 Å². The number of hydrogen-bond acceptors (Lipinski definition) is 3. The first kappa shape index (κ1) is 12.9. The predicted octanol–water partition coefficient (Wildman–Crippen LogP) is 3.13. The first-order valence-corrected chi connectivity index (χ1v) is 7.37. The van der Waals surface area contributed by atoms with Crippen molar-refractivity contribution >= 4 is 27.4 Å². The van der Waals surface area contributed by atoms with Crippen LogP contribution in [0.5, 0.6) is 0 Å². The van der Waals surface area contributed by atoms with Gasteiger partial charge in [0.1, 0.15) is 5.78 Å². The number of hydrazone groups is 1. The summed E-state index contributed by atoms with van der Waals surface area (Å²) in [4.78, 5) is 12.4. The summed E-state index contributed by atoms with van der Waals surface area (Å²) in [6, 6.07) is 8.17. The third kappa shape index (κ3) is 2.34. The van der Waals surface area contributed by atoms with Crippen LogP contribution in [0, 0.1) is 11.3 Å². The van der Waals surface area contributed by atoms with Crippen molar-refractivity contribution < 1.29 is 4.79 Å². The molecule has 0 radical (unpaired) electrons.